The molecule has 0 aliphatic heterocycles. The van der Waals surface area contributed by atoms with Gasteiger partial charge in [0, 0.05) is 17.3 Å². The molecule has 0 radical (unpaired) electrons. The lowest BCUT2D eigenvalue weighted by atomic mass is 10.1. The number of rotatable bonds is 5. The first kappa shape index (κ1) is 20.0. The molecule has 1 aromatic carbocycles. The number of carbonyl (C=O) groups is 1. The molecule has 2 rings (SSSR count). The van der Waals surface area contributed by atoms with Gasteiger partial charge < -0.3 is 5.32 Å². The molecule has 1 aromatic heterocycles. The minimum absolute atomic E-state index is 0.0432. The quantitative estimate of drug-likeness (QED) is 0.860. The Bertz CT molecular complexity index is 794. The highest BCUT2D eigenvalue weighted by atomic mass is 19.4. The predicted molar refractivity (Wildman–Crippen MR) is 94.2 cm³/mol. The van der Waals surface area contributed by atoms with Gasteiger partial charge in [-0.15, -0.1) is 0 Å². The van der Waals surface area contributed by atoms with Crippen LogP contribution in [0.5, 0.6) is 0 Å². The van der Waals surface area contributed by atoms with E-state index in [0.29, 0.717) is 23.0 Å². The van der Waals surface area contributed by atoms with Gasteiger partial charge in [0.1, 0.15) is 0 Å². The summed E-state index contributed by atoms with van der Waals surface area (Å²) in [6.07, 6.45) is -4.27. The van der Waals surface area contributed by atoms with E-state index in [1.54, 1.807) is 19.9 Å². The molecule has 4 nitrogen and oxygen atoms in total. The van der Waals surface area contributed by atoms with Crippen molar-refractivity contribution in [2.45, 2.75) is 53.3 Å². The molecule has 1 N–H and O–H groups in total. The second-order valence-corrected chi connectivity index (χ2v) is 6.89. The Morgan fingerprint density at radius 2 is 1.88 bits per heavy atom. The number of aryl methyl sites for hydroxylation is 1. The van der Waals surface area contributed by atoms with E-state index in [4.69, 9.17) is 0 Å². The van der Waals surface area contributed by atoms with Crippen LogP contribution in [0.15, 0.2) is 24.3 Å². The molecule has 0 spiro atoms. The third-order valence-electron chi connectivity index (χ3n) is 4.59. The van der Waals surface area contributed by atoms with Crippen LogP contribution in [0.25, 0.3) is 5.69 Å². The number of benzene rings is 1. The third-order valence-corrected chi connectivity index (χ3v) is 4.59. The molecule has 0 aliphatic rings. The molecule has 1 unspecified atom stereocenters. The van der Waals surface area contributed by atoms with Crippen molar-refractivity contribution < 1.29 is 18.0 Å². The van der Waals surface area contributed by atoms with E-state index >= 15 is 0 Å². The van der Waals surface area contributed by atoms with Gasteiger partial charge in [0.25, 0.3) is 0 Å². The summed E-state index contributed by atoms with van der Waals surface area (Å²) in [4.78, 5) is 12.3. The maximum Gasteiger partial charge on any atom is 0.416 e. The Morgan fingerprint density at radius 1 is 1.23 bits per heavy atom. The first-order valence-electron chi connectivity index (χ1n) is 8.52. The van der Waals surface area contributed by atoms with Crippen LogP contribution < -0.4 is 5.32 Å². The summed E-state index contributed by atoms with van der Waals surface area (Å²) in [5, 5.41) is 7.28. The van der Waals surface area contributed by atoms with Gasteiger partial charge in [0.05, 0.1) is 23.4 Å². The van der Waals surface area contributed by atoms with Crippen LogP contribution in [0.1, 0.15) is 43.3 Å². The van der Waals surface area contributed by atoms with Crippen LogP contribution in [0.4, 0.5) is 13.2 Å². The van der Waals surface area contributed by atoms with Crippen LogP contribution in [-0.4, -0.2) is 21.7 Å². The zero-order valence-electron chi connectivity index (χ0n) is 15.6. The molecule has 0 bridgehead atoms. The van der Waals surface area contributed by atoms with Crippen molar-refractivity contribution in [3.63, 3.8) is 0 Å². The van der Waals surface area contributed by atoms with E-state index in [-0.39, 0.29) is 18.4 Å². The Kier molecular flexibility index (Phi) is 5.78. The second-order valence-electron chi connectivity index (χ2n) is 6.89. The first-order valence-corrected chi connectivity index (χ1v) is 8.52. The lowest BCUT2D eigenvalue weighted by Crippen LogP contribution is -2.37. The molecule has 26 heavy (non-hydrogen) atoms. The highest BCUT2D eigenvalue weighted by Crippen LogP contribution is 2.30. The summed E-state index contributed by atoms with van der Waals surface area (Å²) in [7, 11) is 0. The highest BCUT2D eigenvalue weighted by Gasteiger charge is 2.30. The largest absolute Gasteiger partial charge is 0.416 e. The van der Waals surface area contributed by atoms with E-state index < -0.39 is 11.7 Å². The number of alkyl halides is 3. The average Bonchev–Trinajstić information content (AvgIpc) is 2.82. The molecule has 0 aliphatic carbocycles. The second kappa shape index (κ2) is 7.51. The van der Waals surface area contributed by atoms with Gasteiger partial charge in [-0.1, -0.05) is 19.9 Å². The van der Waals surface area contributed by atoms with Crippen LogP contribution in [0.2, 0.25) is 0 Å². The van der Waals surface area contributed by atoms with Crippen molar-refractivity contribution >= 4 is 5.91 Å². The summed E-state index contributed by atoms with van der Waals surface area (Å²) in [5.41, 5.74) is 1.62. The van der Waals surface area contributed by atoms with E-state index in [1.807, 2.05) is 20.8 Å². The number of nitrogens with one attached hydrogen (secondary N) is 1. The summed E-state index contributed by atoms with van der Waals surface area (Å²) in [6.45, 7) is 9.49. The zero-order chi connectivity index (χ0) is 19.6. The number of hydrogen-bond donors (Lipinski definition) is 1. The van der Waals surface area contributed by atoms with Crippen LogP contribution in [0, 0.1) is 19.8 Å². The Labute approximate surface area is 151 Å². The lowest BCUT2D eigenvalue weighted by Gasteiger charge is -2.17. The molecule has 0 saturated heterocycles. The predicted octanol–water partition coefficient (Wildman–Crippen LogP) is 4.21. The van der Waals surface area contributed by atoms with Gasteiger partial charge in [-0.25, -0.2) is 4.68 Å². The number of nitrogens with zero attached hydrogens (tertiary/aromatic N) is 2. The van der Waals surface area contributed by atoms with Gasteiger partial charge >= 0.3 is 6.18 Å². The van der Waals surface area contributed by atoms with Crippen molar-refractivity contribution in [2.24, 2.45) is 5.92 Å². The van der Waals surface area contributed by atoms with Crippen molar-refractivity contribution in [1.29, 1.82) is 0 Å². The lowest BCUT2D eigenvalue weighted by molar-refractivity contribution is -0.137. The molecule has 0 fully saturated rings. The molecular formula is C19H24F3N3O. The fourth-order valence-corrected chi connectivity index (χ4v) is 2.63. The third kappa shape index (κ3) is 4.45. The Balaban J connectivity index is 2.30. The van der Waals surface area contributed by atoms with E-state index in [2.05, 4.69) is 10.4 Å². The van der Waals surface area contributed by atoms with Gasteiger partial charge in [-0.05, 0) is 44.9 Å². The van der Waals surface area contributed by atoms with E-state index in [9.17, 15) is 18.0 Å². The summed E-state index contributed by atoms with van der Waals surface area (Å²) in [5.74, 6) is 0.190. The maximum atomic E-state index is 12.9. The van der Waals surface area contributed by atoms with Gasteiger partial charge in [-0.2, -0.15) is 18.3 Å². The smallest absolute Gasteiger partial charge is 0.353 e. The van der Waals surface area contributed by atoms with E-state index in [0.717, 1.165) is 17.7 Å². The number of halogens is 3. The van der Waals surface area contributed by atoms with E-state index in [1.165, 1.54) is 10.7 Å². The minimum atomic E-state index is -4.41. The number of amides is 1. The first-order chi connectivity index (χ1) is 12.0. The van der Waals surface area contributed by atoms with Gasteiger partial charge in [0.2, 0.25) is 5.91 Å². The molecule has 0 saturated carbocycles. The summed E-state index contributed by atoms with van der Waals surface area (Å²) in [6, 6.07) is 5.05. The summed E-state index contributed by atoms with van der Waals surface area (Å²) < 4.78 is 40.3. The molecule has 7 heteroatoms. The Morgan fingerprint density at radius 3 is 2.46 bits per heavy atom. The molecule has 142 valence electrons. The van der Waals surface area contributed by atoms with Crippen molar-refractivity contribution in [1.82, 2.24) is 15.1 Å². The minimum Gasteiger partial charge on any atom is -0.353 e. The number of hydrogen-bond acceptors (Lipinski definition) is 2. The fraction of sp³-hybridized carbons (Fsp3) is 0.474. The van der Waals surface area contributed by atoms with Crippen molar-refractivity contribution in [2.75, 3.05) is 0 Å². The van der Waals surface area contributed by atoms with Crippen molar-refractivity contribution in [3.05, 3.63) is 46.8 Å². The van der Waals surface area contributed by atoms with Crippen LogP contribution in [0.3, 0.4) is 0 Å². The highest BCUT2D eigenvalue weighted by molar-refractivity contribution is 5.79. The topological polar surface area (TPSA) is 46.9 Å². The number of carbonyl (C=O) groups excluding carboxylic acids is 1. The standard InChI is InChI=1S/C19H24F3N3O/c1-11(2)12(3)23-18(26)10-17-13(4)24-25(14(17)5)16-8-6-7-15(9-16)19(20,21)22/h6-9,11-12H,10H2,1-5H3,(H,23,26). The zero-order valence-corrected chi connectivity index (χ0v) is 15.6. The monoisotopic (exact) mass is 367 g/mol. The SMILES string of the molecule is Cc1nn(-c2cccc(C(F)(F)F)c2)c(C)c1CC(=O)NC(C)C(C)C. The normalized spacial score (nSPS) is 13.1. The fourth-order valence-electron chi connectivity index (χ4n) is 2.63. The maximum absolute atomic E-state index is 12.9. The van der Waals surface area contributed by atoms with Crippen LogP contribution in [-0.2, 0) is 17.4 Å². The number of aromatic nitrogens is 2. The van der Waals surface area contributed by atoms with Crippen molar-refractivity contribution in [3.8, 4) is 5.69 Å². The van der Waals surface area contributed by atoms with Crippen LogP contribution >= 0.6 is 0 Å². The average molecular weight is 367 g/mol. The molecule has 1 atom stereocenters. The van der Waals surface area contributed by atoms with Gasteiger partial charge in [-0.3, -0.25) is 4.79 Å². The molecule has 2 aromatic rings. The molecule has 1 heterocycles. The molecule has 1 amide bonds. The van der Waals surface area contributed by atoms with Gasteiger partial charge in [0.15, 0.2) is 0 Å². The molecular weight excluding hydrogens is 343 g/mol. The Hall–Kier alpha value is -2.31. The summed E-state index contributed by atoms with van der Waals surface area (Å²) >= 11 is 0.